The summed E-state index contributed by atoms with van der Waals surface area (Å²) in [5.41, 5.74) is 0. The Morgan fingerprint density at radius 2 is 2.38 bits per heavy atom. The maximum Gasteiger partial charge on any atom is 0.408 e. The van der Waals surface area contributed by atoms with Crippen LogP contribution >= 0.6 is 0 Å². The smallest absolute Gasteiger partial charge is 0.408 e. The Hall–Kier alpha value is -0.770. The number of hydrogen-bond donors (Lipinski definition) is 1. The summed E-state index contributed by atoms with van der Waals surface area (Å²) < 4.78 is 8.80. The minimum absolute atomic E-state index is 0.000324. The molecule has 1 amide bonds. The lowest BCUT2D eigenvalue weighted by molar-refractivity contribution is 0.0128. The second-order valence-corrected chi connectivity index (χ2v) is 1.09. The highest BCUT2D eigenvalue weighted by atomic mass is 16.7. The lowest BCUT2D eigenvalue weighted by Gasteiger charge is -1.99. The van der Waals surface area contributed by atoms with Gasteiger partial charge in [0.1, 0.15) is 0 Å². The monoisotopic (exact) mass is 119 g/mol. The maximum absolute atomic E-state index is 10.2. The molecule has 0 aromatic rings. The molecule has 8 heavy (non-hydrogen) atoms. The van der Waals surface area contributed by atoms with Crippen molar-refractivity contribution < 1.29 is 14.3 Å². The zero-order chi connectivity index (χ0) is 6.41. The van der Waals surface area contributed by atoms with E-state index in [2.05, 4.69) is 14.8 Å². The Balaban J connectivity index is 2.99. The molecule has 0 spiro atoms. The lowest BCUT2D eigenvalue weighted by atomic mass is 11.1. The molecule has 0 bridgehead atoms. The van der Waals surface area contributed by atoms with E-state index in [0.29, 0.717) is 0 Å². The van der Waals surface area contributed by atoms with Crippen molar-refractivity contribution in [1.29, 1.82) is 0 Å². The molecule has 1 N–H and O–H groups in total. The molecule has 4 nitrogen and oxygen atoms in total. The fourth-order valence-electron chi connectivity index (χ4n) is 0.185. The van der Waals surface area contributed by atoms with Crippen LogP contribution in [0.3, 0.4) is 0 Å². The van der Waals surface area contributed by atoms with E-state index in [1.165, 1.54) is 14.2 Å². The molecule has 48 valence electrons. The lowest BCUT2D eigenvalue weighted by Crippen LogP contribution is -2.19. The minimum Gasteiger partial charge on any atom is -0.422 e. The van der Waals surface area contributed by atoms with Gasteiger partial charge in [-0.25, -0.2) is 4.79 Å². The van der Waals surface area contributed by atoms with E-state index >= 15 is 0 Å². The largest absolute Gasteiger partial charge is 0.422 e. The van der Waals surface area contributed by atoms with Gasteiger partial charge in [0, 0.05) is 14.2 Å². The van der Waals surface area contributed by atoms with Gasteiger partial charge in [-0.2, -0.15) is 0 Å². The van der Waals surface area contributed by atoms with Crippen molar-refractivity contribution in [2.45, 2.75) is 0 Å². The molecule has 0 aliphatic rings. The number of hydrogen-bond acceptors (Lipinski definition) is 3. The van der Waals surface area contributed by atoms with Crippen LogP contribution in [0.1, 0.15) is 0 Å². The van der Waals surface area contributed by atoms with Crippen molar-refractivity contribution in [3.8, 4) is 0 Å². The van der Waals surface area contributed by atoms with Crippen LogP contribution in [0, 0.1) is 0 Å². The first-order valence-electron chi connectivity index (χ1n) is 2.14. The fourth-order valence-corrected chi connectivity index (χ4v) is 0.185. The molecule has 0 aliphatic heterocycles. The van der Waals surface area contributed by atoms with Gasteiger partial charge >= 0.3 is 6.09 Å². The number of ether oxygens (including phenoxy) is 2. The molecule has 0 atom stereocenters. The zero-order valence-corrected chi connectivity index (χ0v) is 4.93. The Kier molecular flexibility index (Phi) is 3.97. The topological polar surface area (TPSA) is 47.6 Å². The van der Waals surface area contributed by atoms with Crippen molar-refractivity contribution in [1.82, 2.24) is 5.32 Å². The standard InChI is InChI=1S/C4H9NO3/c1-5-4(6)8-3-7-2/h3H2,1-2H3,(H,5,6). The number of methoxy groups -OCH3 is 1. The van der Waals surface area contributed by atoms with E-state index in [1.807, 2.05) is 0 Å². The Bertz CT molecular complexity index is 73.7. The summed E-state index contributed by atoms with van der Waals surface area (Å²) >= 11 is 0. The van der Waals surface area contributed by atoms with Crippen LogP contribution < -0.4 is 5.32 Å². The summed E-state index contributed by atoms with van der Waals surface area (Å²) in [6.45, 7) is -0.000324. The Labute approximate surface area is 47.8 Å². The van der Waals surface area contributed by atoms with Crippen LogP contribution in [-0.4, -0.2) is 27.0 Å². The maximum atomic E-state index is 10.2. The van der Waals surface area contributed by atoms with Crippen LogP contribution in [-0.2, 0) is 9.47 Å². The van der Waals surface area contributed by atoms with E-state index in [4.69, 9.17) is 0 Å². The van der Waals surface area contributed by atoms with Crippen LogP contribution in [0.4, 0.5) is 4.79 Å². The van der Waals surface area contributed by atoms with Crippen molar-refractivity contribution in [2.75, 3.05) is 21.0 Å². The highest BCUT2D eigenvalue weighted by molar-refractivity contribution is 5.66. The predicted octanol–water partition coefficient (Wildman–Crippen LogP) is -0.0537. The summed E-state index contributed by atoms with van der Waals surface area (Å²) in [6, 6.07) is 0. The third kappa shape index (κ3) is 3.42. The molecule has 0 aromatic heterocycles. The second kappa shape index (κ2) is 4.39. The Morgan fingerprint density at radius 3 is 2.75 bits per heavy atom. The fraction of sp³-hybridized carbons (Fsp3) is 0.750. The summed E-state index contributed by atoms with van der Waals surface area (Å²) in [7, 11) is 2.93. The van der Waals surface area contributed by atoms with E-state index in [1.54, 1.807) is 0 Å². The summed E-state index contributed by atoms with van der Waals surface area (Å²) in [6.07, 6.45) is -0.480. The molecule has 0 unspecified atom stereocenters. The van der Waals surface area contributed by atoms with Gasteiger partial charge in [0.05, 0.1) is 0 Å². The van der Waals surface area contributed by atoms with Gasteiger partial charge in [-0.1, -0.05) is 0 Å². The molecule has 0 saturated carbocycles. The average molecular weight is 119 g/mol. The molecule has 4 heteroatoms. The van der Waals surface area contributed by atoms with Gasteiger partial charge in [-0.3, -0.25) is 0 Å². The van der Waals surface area contributed by atoms with Gasteiger partial charge in [-0.15, -0.1) is 0 Å². The minimum atomic E-state index is -0.480. The quantitative estimate of drug-likeness (QED) is 0.518. The van der Waals surface area contributed by atoms with Gasteiger partial charge < -0.3 is 14.8 Å². The third-order valence-electron chi connectivity index (χ3n) is 0.512. The highest BCUT2D eigenvalue weighted by Gasteiger charge is 1.92. The molecule has 0 fully saturated rings. The SMILES string of the molecule is CNC(=O)OCOC. The molecule has 0 heterocycles. The number of alkyl carbamates (subject to hydrolysis) is 1. The van der Waals surface area contributed by atoms with Crippen molar-refractivity contribution >= 4 is 6.09 Å². The number of rotatable bonds is 2. The molecule has 0 aromatic carbocycles. The summed E-state index contributed by atoms with van der Waals surface area (Å²) in [5, 5.41) is 2.26. The van der Waals surface area contributed by atoms with Gasteiger partial charge in [-0.05, 0) is 0 Å². The summed E-state index contributed by atoms with van der Waals surface area (Å²) in [4.78, 5) is 10.2. The number of amides is 1. The van der Waals surface area contributed by atoms with E-state index in [0.717, 1.165) is 0 Å². The van der Waals surface area contributed by atoms with E-state index < -0.39 is 6.09 Å². The number of carbonyl (C=O) groups excluding carboxylic acids is 1. The summed E-state index contributed by atoms with van der Waals surface area (Å²) in [5.74, 6) is 0. The molecule has 0 aliphatic carbocycles. The molecule has 0 rings (SSSR count). The van der Waals surface area contributed by atoms with Gasteiger partial charge in [0.2, 0.25) is 0 Å². The first-order chi connectivity index (χ1) is 3.81. The first kappa shape index (κ1) is 7.23. The number of carbonyl (C=O) groups is 1. The van der Waals surface area contributed by atoms with Crippen LogP contribution in [0.25, 0.3) is 0 Å². The van der Waals surface area contributed by atoms with Crippen LogP contribution in [0.5, 0.6) is 0 Å². The van der Waals surface area contributed by atoms with Crippen molar-refractivity contribution in [3.63, 3.8) is 0 Å². The van der Waals surface area contributed by atoms with E-state index in [-0.39, 0.29) is 6.79 Å². The molecular formula is C4H9NO3. The second-order valence-electron chi connectivity index (χ2n) is 1.09. The first-order valence-corrected chi connectivity index (χ1v) is 2.14. The zero-order valence-electron chi connectivity index (χ0n) is 4.93. The average Bonchev–Trinajstić information content (AvgIpc) is 1.83. The molecular weight excluding hydrogens is 110 g/mol. The third-order valence-corrected chi connectivity index (χ3v) is 0.512. The van der Waals surface area contributed by atoms with E-state index in [9.17, 15) is 4.79 Å². The predicted molar refractivity (Wildman–Crippen MR) is 27.4 cm³/mol. The van der Waals surface area contributed by atoms with Crippen molar-refractivity contribution in [3.05, 3.63) is 0 Å². The Morgan fingerprint density at radius 1 is 1.75 bits per heavy atom. The molecule has 0 radical (unpaired) electrons. The molecule has 0 saturated heterocycles. The highest BCUT2D eigenvalue weighted by Crippen LogP contribution is 1.73. The number of nitrogens with one attached hydrogen (secondary N) is 1. The van der Waals surface area contributed by atoms with Gasteiger partial charge in [0.25, 0.3) is 0 Å². The van der Waals surface area contributed by atoms with Crippen molar-refractivity contribution in [2.24, 2.45) is 0 Å². The normalized spacial score (nSPS) is 8.25. The van der Waals surface area contributed by atoms with Gasteiger partial charge in [0.15, 0.2) is 6.79 Å². The van der Waals surface area contributed by atoms with Crippen LogP contribution in [0.15, 0.2) is 0 Å². The van der Waals surface area contributed by atoms with Crippen LogP contribution in [0.2, 0.25) is 0 Å².